The Kier molecular flexibility index (Phi) is 4.02. The van der Waals surface area contributed by atoms with Crippen LogP contribution < -0.4 is 10.2 Å². The van der Waals surface area contributed by atoms with Crippen molar-refractivity contribution in [3.8, 4) is 0 Å². The number of nitrogens with zero attached hydrogens (tertiary/aromatic N) is 1. The van der Waals surface area contributed by atoms with Crippen molar-refractivity contribution in [3.05, 3.63) is 28.2 Å². The molecule has 0 radical (unpaired) electrons. The second-order valence-electron chi connectivity index (χ2n) is 5.96. The second kappa shape index (κ2) is 5.22. The van der Waals surface area contributed by atoms with E-state index in [4.69, 9.17) is 0 Å². The third-order valence-corrected chi connectivity index (χ3v) is 4.71. The van der Waals surface area contributed by atoms with E-state index in [0.717, 1.165) is 17.6 Å². The summed E-state index contributed by atoms with van der Waals surface area (Å²) in [5.74, 6) is 0. The molecule has 0 bridgehead atoms. The van der Waals surface area contributed by atoms with Gasteiger partial charge in [-0.25, -0.2) is 0 Å². The first kappa shape index (κ1) is 13.9. The maximum absolute atomic E-state index is 3.53. The van der Waals surface area contributed by atoms with E-state index in [1.807, 2.05) is 0 Å². The first-order valence-corrected chi connectivity index (χ1v) is 7.42. The molecule has 1 aromatic rings. The van der Waals surface area contributed by atoms with Crippen molar-refractivity contribution in [3.63, 3.8) is 0 Å². The molecule has 0 aliphatic carbocycles. The van der Waals surface area contributed by atoms with Gasteiger partial charge in [-0.15, -0.1) is 0 Å². The highest BCUT2D eigenvalue weighted by molar-refractivity contribution is 9.10. The smallest absolute Gasteiger partial charge is 0.0397 e. The van der Waals surface area contributed by atoms with Crippen molar-refractivity contribution in [1.29, 1.82) is 0 Å². The van der Waals surface area contributed by atoms with E-state index in [1.165, 1.54) is 17.7 Å². The fraction of sp³-hybridized carbons (Fsp3) is 0.600. The standard InChI is InChI=1S/C15H23BrN2/c1-11-9-12(16)5-6-13(11)18-8-7-15(2,3)14(10-18)17-4/h5-6,9,14,17H,7-8,10H2,1-4H3. The number of hydrogen-bond donors (Lipinski definition) is 1. The van der Waals surface area contributed by atoms with Crippen LogP contribution in [0, 0.1) is 12.3 Å². The summed E-state index contributed by atoms with van der Waals surface area (Å²) in [6, 6.07) is 7.11. The van der Waals surface area contributed by atoms with E-state index in [0.29, 0.717) is 11.5 Å². The maximum atomic E-state index is 3.53. The molecule has 3 heteroatoms. The van der Waals surface area contributed by atoms with Crippen LogP contribution in [0.5, 0.6) is 0 Å². The average Bonchev–Trinajstić information content (AvgIpc) is 2.30. The van der Waals surface area contributed by atoms with Gasteiger partial charge in [0.25, 0.3) is 0 Å². The first-order chi connectivity index (χ1) is 8.44. The van der Waals surface area contributed by atoms with Crippen molar-refractivity contribution in [2.45, 2.75) is 33.2 Å². The Bertz CT molecular complexity index is 429. The SMILES string of the molecule is CNC1CN(c2ccc(Br)cc2C)CCC1(C)C. The second-order valence-corrected chi connectivity index (χ2v) is 6.87. The van der Waals surface area contributed by atoms with E-state index >= 15 is 0 Å². The molecule has 1 unspecified atom stereocenters. The summed E-state index contributed by atoms with van der Waals surface area (Å²) < 4.78 is 1.16. The maximum Gasteiger partial charge on any atom is 0.0397 e. The normalized spacial score (nSPS) is 23.2. The highest BCUT2D eigenvalue weighted by Crippen LogP contribution is 2.34. The predicted octanol–water partition coefficient (Wildman–Crippen LogP) is 3.58. The van der Waals surface area contributed by atoms with Crippen LogP contribution >= 0.6 is 15.9 Å². The fourth-order valence-electron chi connectivity index (χ4n) is 2.83. The Hall–Kier alpha value is -0.540. The summed E-state index contributed by atoms with van der Waals surface area (Å²) in [6.07, 6.45) is 1.23. The number of rotatable bonds is 2. The minimum absolute atomic E-state index is 0.383. The lowest BCUT2D eigenvalue weighted by molar-refractivity contribution is 0.208. The Morgan fingerprint density at radius 3 is 2.72 bits per heavy atom. The van der Waals surface area contributed by atoms with Gasteiger partial charge >= 0.3 is 0 Å². The molecule has 2 nitrogen and oxygen atoms in total. The topological polar surface area (TPSA) is 15.3 Å². The summed E-state index contributed by atoms with van der Waals surface area (Å²) in [4.78, 5) is 2.51. The largest absolute Gasteiger partial charge is 0.370 e. The van der Waals surface area contributed by atoms with Crippen LogP contribution in [0.25, 0.3) is 0 Å². The predicted molar refractivity (Wildman–Crippen MR) is 82.3 cm³/mol. The van der Waals surface area contributed by atoms with Crippen molar-refractivity contribution >= 4 is 21.6 Å². The molecule has 0 saturated carbocycles. The number of piperidine rings is 1. The monoisotopic (exact) mass is 310 g/mol. The van der Waals surface area contributed by atoms with Gasteiger partial charge in [0.15, 0.2) is 0 Å². The molecular formula is C15H23BrN2. The third kappa shape index (κ3) is 2.72. The molecule has 1 fully saturated rings. The molecule has 1 aliphatic heterocycles. The van der Waals surface area contributed by atoms with Gasteiger partial charge in [-0.05, 0) is 49.6 Å². The molecular weight excluding hydrogens is 288 g/mol. The van der Waals surface area contributed by atoms with Gasteiger partial charge in [-0.3, -0.25) is 0 Å². The number of hydrogen-bond acceptors (Lipinski definition) is 2. The number of benzene rings is 1. The number of nitrogens with one attached hydrogen (secondary N) is 1. The van der Waals surface area contributed by atoms with E-state index < -0.39 is 0 Å². The van der Waals surface area contributed by atoms with Crippen molar-refractivity contribution in [1.82, 2.24) is 5.32 Å². The van der Waals surface area contributed by atoms with Crippen molar-refractivity contribution < 1.29 is 0 Å². The summed E-state index contributed by atoms with van der Waals surface area (Å²) in [5, 5.41) is 3.47. The van der Waals surface area contributed by atoms with Gasteiger partial charge in [0.2, 0.25) is 0 Å². The molecule has 2 rings (SSSR count). The molecule has 1 heterocycles. The van der Waals surface area contributed by atoms with E-state index in [-0.39, 0.29) is 0 Å². The lowest BCUT2D eigenvalue weighted by Gasteiger charge is -2.45. The summed E-state index contributed by atoms with van der Waals surface area (Å²) >= 11 is 3.53. The van der Waals surface area contributed by atoms with E-state index in [2.05, 4.69) is 72.2 Å². The van der Waals surface area contributed by atoms with Crippen LogP contribution in [-0.2, 0) is 0 Å². The van der Waals surface area contributed by atoms with Gasteiger partial charge < -0.3 is 10.2 Å². The molecule has 0 amide bonds. The Morgan fingerprint density at radius 2 is 2.11 bits per heavy atom. The van der Waals surface area contributed by atoms with E-state index in [9.17, 15) is 0 Å². The van der Waals surface area contributed by atoms with Gasteiger partial charge in [0.05, 0.1) is 0 Å². The van der Waals surface area contributed by atoms with Gasteiger partial charge in [-0.2, -0.15) is 0 Å². The van der Waals surface area contributed by atoms with Gasteiger partial charge in [0.1, 0.15) is 0 Å². The summed E-state index contributed by atoms with van der Waals surface area (Å²) in [5.41, 5.74) is 3.10. The number of aryl methyl sites for hydroxylation is 1. The van der Waals surface area contributed by atoms with Crippen molar-refractivity contribution in [2.24, 2.45) is 5.41 Å². The highest BCUT2D eigenvalue weighted by atomic mass is 79.9. The molecule has 18 heavy (non-hydrogen) atoms. The zero-order valence-electron chi connectivity index (χ0n) is 11.8. The fourth-order valence-corrected chi connectivity index (χ4v) is 3.31. The van der Waals surface area contributed by atoms with Crippen LogP contribution in [0.2, 0.25) is 0 Å². The van der Waals surface area contributed by atoms with Gasteiger partial charge in [0, 0.05) is 29.3 Å². The zero-order chi connectivity index (χ0) is 13.3. The first-order valence-electron chi connectivity index (χ1n) is 6.62. The minimum Gasteiger partial charge on any atom is -0.370 e. The van der Waals surface area contributed by atoms with Gasteiger partial charge in [-0.1, -0.05) is 29.8 Å². The molecule has 100 valence electrons. The highest BCUT2D eigenvalue weighted by Gasteiger charge is 2.34. The number of likely N-dealkylation sites (N-methyl/N-ethyl adjacent to an activating group) is 1. The molecule has 1 atom stereocenters. The lowest BCUT2D eigenvalue weighted by atomic mass is 9.78. The van der Waals surface area contributed by atoms with E-state index in [1.54, 1.807) is 0 Å². The Morgan fingerprint density at radius 1 is 1.39 bits per heavy atom. The zero-order valence-corrected chi connectivity index (χ0v) is 13.3. The quantitative estimate of drug-likeness (QED) is 0.898. The number of halogens is 1. The third-order valence-electron chi connectivity index (χ3n) is 4.22. The molecule has 0 spiro atoms. The van der Waals surface area contributed by atoms with Crippen LogP contribution in [0.4, 0.5) is 5.69 Å². The van der Waals surface area contributed by atoms with Crippen LogP contribution in [0.3, 0.4) is 0 Å². The molecule has 0 aromatic heterocycles. The molecule has 1 aromatic carbocycles. The Balaban J connectivity index is 2.20. The molecule has 1 aliphatic rings. The summed E-state index contributed by atoms with van der Waals surface area (Å²) in [6.45, 7) is 9.15. The summed E-state index contributed by atoms with van der Waals surface area (Å²) in [7, 11) is 2.07. The van der Waals surface area contributed by atoms with Crippen LogP contribution in [0.15, 0.2) is 22.7 Å². The Labute approximate surface area is 119 Å². The van der Waals surface area contributed by atoms with Crippen LogP contribution in [-0.4, -0.2) is 26.2 Å². The molecule has 1 N–H and O–H groups in total. The minimum atomic E-state index is 0.383. The molecule has 1 saturated heterocycles. The number of anilines is 1. The van der Waals surface area contributed by atoms with Crippen LogP contribution in [0.1, 0.15) is 25.8 Å². The van der Waals surface area contributed by atoms with Crippen molar-refractivity contribution in [2.75, 3.05) is 25.0 Å². The lowest BCUT2D eigenvalue weighted by Crippen LogP contribution is -2.54. The average molecular weight is 311 g/mol.